The third-order valence-corrected chi connectivity index (χ3v) is 5.37. The zero-order chi connectivity index (χ0) is 16.6. The number of nitrogens with two attached hydrogens (primary N) is 1. The molecule has 23 heavy (non-hydrogen) atoms. The van der Waals surface area contributed by atoms with Crippen LogP contribution in [0.15, 0.2) is 35.5 Å². The zero-order valence-corrected chi connectivity index (χ0v) is 13.8. The molecule has 7 heteroatoms. The molecule has 1 aromatic rings. The second-order valence-corrected chi connectivity index (χ2v) is 6.59. The maximum absolute atomic E-state index is 12.4. The molecule has 2 atom stereocenters. The van der Waals surface area contributed by atoms with Crippen molar-refractivity contribution in [1.82, 2.24) is 4.90 Å². The second kappa shape index (κ2) is 6.25. The highest BCUT2D eigenvalue weighted by Gasteiger charge is 2.51. The summed E-state index contributed by atoms with van der Waals surface area (Å²) in [5.74, 6) is 0.711. The summed E-state index contributed by atoms with van der Waals surface area (Å²) in [5, 5.41) is -0.158. The zero-order valence-electron chi connectivity index (χ0n) is 12.9. The number of rotatable bonds is 4. The van der Waals surface area contributed by atoms with Crippen LogP contribution < -0.4 is 10.5 Å². The standard InChI is InChI=1S/C16H18N2O4S/c1-9-8-23-15-12(17)14(19)18(15)13(9)16(20)22-7-10-3-5-11(21-2)6-4-10/h3-6,12,15H,7-8,17H2,1-2H3. The first-order valence-electron chi connectivity index (χ1n) is 7.23. The highest BCUT2D eigenvalue weighted by Crippen LogP contribution is 2.39. The maximum atomic E-state index is 12.4. The van der Waals surface area contributed by atoms with Crippen LogP contribution in [0.3, 0.4) is 0 Å². The topological polar surface area (TPSA) is 81.9 Å². The van der Waals surface area contributed by atoms with Gasteiger partial charge in [0, 0.05) is 5.75 Å². The van der Waals surface area contributed by atoms with Gasteiger partial charge >= 0.3 is 5.97 Å². The Bertz CT molecular complexity index is 671. The first-order valence-corrected chi connectivity index (χ1v) is 8.28. The van der Waals surface area contributed by atoms with Crippen LogP contribution in [-0.2, 0) is 20.9 Å². The van der Waals surface area contributed by atoms with E-state index in [9.17, 15) is 9.59 Å². The molecule has 2 aliphatic rings. The summed E-state index contributed by atoms with van der Waals surface area (Å²) in [7, 11) is 1.59. The lowest BCUT2D eigenvalue weighted by Crippen LogP contribution is -2.68. The number of ether oxygens (including phenoxy) is 2. The van der Waals surface area contributed by atoms with Gasteiger partial charge in [-0.1, -0.05) is 12.1 Å². The number of fused-ring (bicyclic) bond motifs is 1. The number of esters is 1. The van der Waals surface area contributed by atoms with Crippen LogP contribution >= 0.6 is 11.8 Å². The van der Waals surface area contributed by atoms with E-state index in [4.69, 9.17) is 15.2 Å². The highest BCUT2D eigenvalue weighted by atomic mass is 32.2. The van der Waals surface area contributed by atoms with Crippen molar-refractivity contribution in [1.29, 1.82) is 0 Å². The number of nitrogens with zero attached hydrogens (tertiary/aromatic N) is 1. The number of hydrogen-bond acceptors (Lipinski definition) is 6. The van der Waals surface area contributed by atoms with Gasteiger partial charge in [-0.15, -0.1) is 11.8 Å². The molecule has 2 heterocycles. The Morgan fingerprint density at radius 2 is 2.09 bits per heavy atom. The monoisotopic (exact) mass is 334 g/mol. The van der Waals surface area contributed by atoms with E-state index in [0.717, 1.165) is 16.9 Å². The first-order chi connectivity index (χ1) is 11.0. The first kappa shape index (κ1) is 15.9. The van der Waals surface area contributed by atoms with Crippen molar-refractivity contribution in [2.45, 2.75) is 24.9 Å². The lowest BCUT2D eigenvalue weighted by molar-refractivity contribution is -0.151. The van der Waals surface area contributed by atoms with Crippen molar-refractivity contribution in [3.8, 4) is 5.75 Å². The number of benzene rings is 1. The van der Waals surface area contributed by atoms with Crippen molar-refractivity contribution in [2.24, 2.45) is 5.73 Å². The molecule has 0 spiro atoms. The van der Waals surface area contributed by atoms with Crippen LogP contribution in [0.2, 0.25) is 0 Å². The largest absolute Gasteiger partial charge is 0.497 e. The number of thioether (sulfide) groups is 1. The molecular weight excluding hydrogens is 316 g/mol. The predicted molar refractivity (Wildman–Crippen MR) is 86.6 cm³/mol. The molecule has 0 radical (unpaired) electrons. The van der Waals surface area contributed by atoms with Crippen LogP contribution in [0.5, 0.6) is 5.75 Å². The molecule has 1 saturated heterocycles. The molecule has 122 valence electrons. The summed E-state index contributed by atoms with van der Waals surface area (Å²) in [6.07, 6.45) is 0. The average Bonchev–Trinajstić information content (AvgIpc) is 2.59. The average molecular weight is 334 g/mol. The van der Waals surface area contributed by atoms with Crippen molar-refractivity contribution >= 4 is 23.6 Å². The van der Waals surface area contributed by atoms with Gasteiger partial charge in [0.05, 0.1) is 7.11 Å². The Labute approximate surface area is 138 Å². The Kier molecular flexibility index (Phi) is 4.32. The Balaban J connectivity index is 1.68. The van der Waals surface area contributed by atoms with Crippen LogP contribution in [0.4, 0.5) is 0 Å². The molecule has 2 N–H and O–H groups in total. The van der Waals surface area contributed by atoms with E-state index in [1.165, 1.54) is 4.90 Å². The van der Waals surface area contributed by atoms with E-state index >= 15 is 0 Å². The number of carbonyl (C=O) groups excluding carboxylic acids is 2. The molecule has 3 rings (SSSR count). The van der Waals surface area contributed by atoms with E-state index in [0.29, 0.717) is 11.4 Å². The lowest BCUT2D eigenvalue weighted by atomic mass is 10.0. The fraction of sp³-hybridized carbons (Fsp3) is 0.375. The predicted octanol–water partition coefficient (Wildman–Crippen LogP) is 1.25. The molecule has 1 aromatic carbocycles. The summed E-state index contributed by atoms with van der Waals surface area (Å²) in [5.41, 5.74) is 7.81. The summed E-state index contributed by atoms with van der Waals surface area (Å²) in [6, 6.07) is 6.74. The van der Waals surface area contributed by atoms with E-state index in [1.54, 1.807) is 31.0 Å². The van der Waals surface area contributed by atoms with Gasteiger partial charge in [0.25, 0.3) is 0 Å². The quantitative estimate of drug-likeness (QED) is 0.659. The van der Waals surface area contributed by atoms with Crippen molar-refractivity contribution in [3.05, 3.63) is 41.1 Å². The number of amides is 1. The fourth-order valence-corrected chi connectivity index (χ4v) is 3.84. The molecule has 1 amide bonds. The Morgan fingerprint density at radius 3 is 2.74 bits per heavy atom. The third-order valence-electron chi connectivity index (χ3n) is 3.92. The number of carbonyl (C=O) groups is 2. The summed E-state index contributed by atoms with van der Waals surface area (Å²) >= 11 is 1.57. The minimum Gasteiger partial charge on any atom is -0.497 e. The van der Waals surface area contributed by atoms with E-state index < -0.39 is 12.0 Å². The molecule has 0 saturated carbocycles. The van der Waals surface area contributed by atoms with Gasteiger partial charge in [0.15, 0.2) is 0 Å². The number of methoxy groups -OCH3 is 1. The smallest absolute Gasteiger partial charge is 0.355 e. The molecule has 2 unspecified atom stereocenters. The van der Waals surface area contributed by atoms with Gasteiger partial charge in [0.1, 0.15) is 29.5 Å². The van der Waals surface area contributed by atoms with Crippen LogP contribution in [0.25, 0.3) is 0 Å². The fourth-order valence-electron chi connectivity index (χ4n) is 2.60. The lowest BCUT2D eigenvalue weighted by Gasteiger charge is -2.48. The van der Waals surface area contributed by atoms with E-state index in [2.05, 4.69) is 0 Å². The minimum atomic E-state index is -0.530. The Hall–Kier alpha value is -1.99. The molecule has 6 nitrogen and oxygen atoms in total. The molecule has 0 aliphatic carbocycles. The summed E-state index contributed by atoms with van der Waals surface area (Å²) in [4.78, 5) is 25.8. The second-order valence-electron chi connectivity index (χ2n) is 5.49. The van der Waals surface area contributed by atoms with E-state index in [-0.39, 0.29) is 17.9 Å². The van der Waals surface area contributed by atoms with Crippen molar-refractivity contribution < 1.29 is 19.1 Å². The van der Waals surface area contributed by atoms with Gasteiger partial charge in [-0.2, -0.15) is 0 Å². The van der Waals surface area contributed by atoms with Crippen molar-refractivity contribution in [2.75, 3.05) is 12.9 Å². The summed E-state index contributed by atoms with van der Waals surface area (Å²) in [6.45, 7) is 1.98. The van der Waals surface area contributed by atoms with Gasteiger partial charge in [-0.05, 0) is 30.2 Å². The highest BCUT2D eigenvalue weighted by molar-refractivity contribution is 8.00. The molecule has 0 aromatic heterocycles. The van der Waals surface area contributed by atoms with Gasteiger partial charge in [0.2, 0.25) is 5.91 Å². The minimum absolute atomic E-state index is 0.144. The molecule has 0 bridgehead atoms. The number of β-lactam (4-membered cyclic amide) rings is 1. The molecule has 1 fully saturated rings. The Morgan fingerprint density at radius 1 is 1.39 bits per heavy atom. The number of hydrogen-bond donors (Lipinski definition) is 1. The van der Waals surface area contributed by atoms with Crippen LogP contribution in [0, 0.1) is 0 Å². The van der Waals surface area contributed by atoms with E-state index in [1.807, 2.05) is 19.1 Å². The van der Waals surface area contributed by atoms with Gasteiger partial charge in [-0.25, -0.2) is 4.79 Å². The SMILES string of the molecule is COc1ccc(COC(=O)C2=C(C)CSC3C(N)C(=O)N23)cc1. The third kappa shape index (κ3) is 2.82. The normalized spacial score (nSPS) is 23.3. The van der Waals surface area contributed by atoms with Crippen LogP contribution in [-0.4, -0.2) is 41.1 Å². The molecule has 2 aliphatic heterocycles. The van der Waals surface area contributed by atoms with Crippen LogP contribution in [0.1, 0.15) is 12.5 Å². The molecular formula is C16H18N2O4S. The van der Waals surface area contributed by atoms with Gasteiger partial charge < -0.3 is 15.2 Å². The van der Waals surface area contributed by atoms with Crippen molar-refractivity contribution in [3.63, 3.8) is 0 Å². The summed E-state index contributed by atoms with van der Waals surface area (Å²) < 4.78 is 10.5. The maximum Gasteiger partial charge on any atom is 0.355 e. The van der Waals surface area contributed by atoms with Gasteiger partial charge in [-0.3, -0.25) is 9.69 Å².